The molecule has 0 saturated carbocycles. The summed E-state index contributed by atoms with van der Waals surface area (Å²) >= 11 is 0. The molecule has 0 aromatic heterocycles. The first kappa shape index (κ1) is 23.9. The average Bonchev–Trinajstić information content (AvgIpc) is 3.40. The zero-order valence-electron chi connectivity index (χ0n) is 20.3. The Labute approximate surface area is 202 Å². The fourth-order valence-electron chi connectivity index (χ4n) is 4.79. The van der Waals surface area contributed by atoms with Gasteiger partial charge >= 0.3 is 12.2 Å². The molecule has 34 heavy (non-hydrogen) atoms. The van der Waals surface area contributed by atoms with Gasteiger partial charge in [-0.3, -0.25) is 0 Å². The number of alkyl carbamates (subject to hydrolysis) is 1. The first-order valence-corrected chi connectivity index (χ1v) is 12.1. The highest BCUT2D eigenvalue weighted by Crippen LogP contribution is 2.36. The molecule has 2 aliphatic heterocycles. The lowest BCUT2D eigenvalue weighted by Crippen LogP contribution is -2.42. The maximum Gasteiger partial charge on any atom is 0.410 e. The largest absolute Gasteiger partial charge is 0.445 e. The summed E-state index contributed by atoms with van der Waals surface area (Å²) in [7, 11) is 0. The van der Waals surface area contributed by atoms with Crippen molar-refractivity contribution in [1.82, 2.24) is 10.2 Å². The normalized spacial score (nSPS) is 19.6. The van der Waals surface area contributed by atoms with E-state index in [0.717, 1.165) is 43.5 Å². The molecule has 2 fully saturated rings. The number of nitrogens with one attached hydrogen (secondary N) is 1. The monoisotopic (exact) mass is 465 g/mol. The molecule has 2 unspecified atom stereocenters. The van der Waals surface area contributed by atoms with Crippen LogP contribution in [0.1, 0.15) is 44.7 Å². The van der Waals surface area contributed by atoms with Crippen molar-refractivity contribution in [1.29, 1.82) is 0 Å². The summed E-state index contributed by atoms with van der Waals surface area (Å²) in [5, 5.41) is 2.81. The van der Waals surface area contributed by atoms with E-state index in [1.807, 2.05) is 56.0 Å². The van der Waals surface area contributed by atoms with Gasteiger partial charge in [0.1, 0.15) is 12.2 Å². The smallest absolute Gasteiger partial charge is 0.410 e. The Hall–Kier alpha value is -3.22. The lowest BCUT2D eigenvalue weighted by Gasteiger charge is -2.29. The first-order valence-electron chi connectivity index (χ1n) is 12.1. The van der Waals surface area contributed by atoms with Gasteiger partial charge in [-0.2, -0.15) is 0 Å². The van der Waals surface area contributed by atoms with Crippen LogP contribution in [0, 0.1) is 0 Å². The van der Waals surface area contributed by atoms with Crippen LogP contribution >= 0.6 is 0 Å². The number of amides is 2. The van der Waals surface area contributed by atoms with Crippen LogP contribution in [0.4, 0.5) is 15.3 Å². The number of fused-ring (bicyclic) bond motifs is 1. The van der Waals surface area contributed by atoms with Crippen LogP contribution in [-0.4, -0.2) is 54.4 Å². The number of benzene rings is 2. The summed E-state index contributed by atoms with van der Waals surface area (Å²) < 4.78 is 10.9. The lowest BCUT2D eigenvalue weighted by atomic mass is 10.1. The SMILES string of the molecule is CC(C)(C)OC(=O)N1CCC2C1CCN2c1ccc(CCNC(=O)OCc2ccccc2)cc1. The topological polar surface area (TPSA) is 71.1 Å². The Morgan fingerprint density at radius 2 is 1.65 bits per heavy atom. The van der Waals surface area contributed by atoms with E-state index in [2.05, 4.69) is 34.5 Å². The molecule has 2 aliphatic rings. The van der Waals surface area contributed by atoms with E-state index in [9.17, 15) is 9.59 Å². The minimum atomic E-state index is -0.475. The molecule has 0 aliphatic carbocycles. The highest BCUT2D eigenvalue weighted by Gasteiger charge is 2.45. The van der Waals surface area contributed by atoms with Crippen molar-refractivity contribution in [3.05, 3.63) is 65.7 Å². The van der Waals surface area contributed by atoms with E-state index in [0.29, 0.717) is 12.6 Å². The maximum atomic E-state index is 12.6. The predicted molar refractivity (Wildman–Crippen MR) is 132 cm³/mol. The Morgan fingerprint density at radius 1 is 0.941 bits per heavy atom. The van der Waals surface area contributed by atoms with E-state index in [1.165, 1.54) is 5.69 Å². The molecule has 0 spiro atoms. The summed E-state index contributed by atoms with van der Waals surface area (Å²) in [5.74, 6) is 0. The fourth-order valence-corrected chi connectivity index (χ4v) is 4.79. The molecule has 2 saturated heterocycles. The molecule has 2 heterocycles. The Morgan fingerprint density at radius 3 is 2.35 bits per heavy atom. The van der Waals surface area contributed by atoms with Gasteiger partial charge in [0, 0.05) is 25.3 Å². The van der Waals surface area contributed by atoms with Crippen LogP contribution in [0.3, 0.4) is 0 Å². The second-order valence-corrected chi connectivity index (χ2v) is 9.98. The summed E-state index contributed by atoms with van der Waals surface area (Å²) in [5.41, 5.74) is 2.83. The number of likely N-dealkylation sites (tertiary alicyclic amines) is 1. The first-order chi connectivity index (χ1) is 16.3. The van der Waals surface area contributed by atoms with Crippen molar-refractivity contribution in [3.63, 3.8) is 0 Å². The molecule has 2 aromatic rings. The summed E-state index contributed by atoms with van der Waals surface area (Å²) in [6, 6.07) is 18.7. The Kier molecular flexibility index (Phi) is 7.29. The second-order valence-electron chi connectivity index (χ2n) is 9.98. The highest BCUT2D eigenvalue weighted by molar-refractivity contribution is 5.70. The third kappa shape index (κ3) is 6.01. The molecule has 2 amide bonds. The molecule has 1 N–H and O–H groups in total. The Balaban J connectivity index is 1.23. The van der Waals surface area contributed by atoms with Crippen LogP contribution in [0.2, 0.25) is 0 Å². The van der Waals surface area contributed by atoms with E-state index in [-0.39, 0.29) is 18.7 Å². The van der Waals surface area contributed by atoms with Gasteiger partial charge in [0.25, 0.3) is 0 Å². The van der Waals surface area contributed by atoms with E-state index >= 15 is 0 Å². The number of hydrogen-bond acceptors (Lipinski definition) is 5. The predicted octanol–water partition coefficient (Wildman–Crippen LogP) is 4.74. The van der Waals surface area contributed by atoms with Crippen LogP contribution in [-0.2, 0) is 22.5 Å². The van der Waals surface area contributed by atoms with Crippen molar-refractivity contribution in [3.8, 4) is 0 Å². The van der Waals surface area contributed by atoms with Gasteiger partial charge in [-0.1, -0.05) is 42.5 Å². The van der Waals surface area contributed by atoms with Gasteiger partial charge in [0.05, 0.1) is 12.1 Å². The third-order valence-corrected chi connectivity index (χ3v) is 6.37. The standard InChI is InChI=1S/C27H35N3O4/c1-27(2,3)34-26(32)30-18-15-23-24(30)14-17-29(23)22-11-9-20(10-12-22)13-16-28-25(31)33-19-21-7-5-4-6-8-21/h4-12,23-24H,13-19H2,1-3H3,(H,28,31). The molecule has 182 valence electrons. The third-order valence-electron chi connectivity index (χ3n) is 6.37. The molecule has 7 nitrogen and oxygen atoms in total. The van der Waals surface area contributed by atoms with E-state index < -0.39 is 11.7 Å². The molecule has 0 bridgehead atoms. The zero-order valence-corrected chi connectivity index (χ0v) is 20.3. The number of anilines is 1. The minimum Gasteiger partial charge on any atom is -0.445 e. The van der Waals surface area contributed by atoms with Crippen molar-refractivity contribution in [2.24, 2.45) is 0 Å². The highest BCUT2D eigenvalue weighted by atomic mass is 16.6. The van der Waals surface area contributed by atoms with Crippen LogP contribution in [0.25, 0.3) is 0 Å². The van der Waals surface area contributed by atoms with Crippen LogP contribution in [0.5, 0.6) is 0 Å². The quantitative estimate of drug-likeness (QED) is 0.667. The number of rotatable bonds is 6. The number of nitrogens with zero attached hydrogens (tertiary/aromatic N) is 2. The van der Waals surface area contributed by atoms with Crippen molar-refractivity contribution in [2.75, 3.05) is 24.5 Å². The molecular weight excluding hydrogens is 430 g/mol. The van der Waals surface area contributed by atoms with Gasteiger partial charge in [-0.05, 0) is 63.3 Å². The minimum absolute atomic E-state index is 0.202. The Bertz CT molecular complexity index is 972. The molecular formula is C27H35N3O4. The molecule has 4 rings (SSSR count). The van der Waals surface area contributed by atoms with Crippen LogP contribution < -0.4 is 10.2 Å². The van der Waals surface area contributed by atoms with Crippen molar-refractivity contribution >= 4 is 17.9 Å². The van der Waals surface area contributed by atoms with E-state index in [1.54, 1.807) is 0 Å². The lowest BCUT2D eigenvalue weighted by molar-refractivity contribution is 0.0228. The molecule has 7 heteroatoms. The second kappa shape index (κ2) is 10.4. The van der Waals surface area contributed by atoms with Crippen LogP contribution in [0.15, 0.2) is 54.6 Å². The van der Waals surface area contributed by atoms with Gasteiger partial charge < -0.3 is 24.6 Å². The zero-order chi connectivity index (χ0) is 24.1. The summed E-state index contributed by atoms with van der Waals surface area (Å²) in [6.45, 7) is 8.18. The maximum absolute atomic E-state index is 12.6. The van der Waals surface area contributed by atoms with Crippen molar-refractivity contribution < 1.29 is 19.1 Å². The van der Waals surface area contributed by atoms with Gasteiger partial charge in [-0.15, -0.1) is 0 Å². The summed E-state index contributed by atoms with van der Waals surface area (Å²) in [4.78, 5) is 28.8. The molecule has 2 aromatic carbocycles. The van der Waals surface area contributed by atoms with E-state index in [4.69, 9.17) is 9.47 Å². The van der Waals surface area contributed by atoms with Gasteiger partial charge in [-0.25, -0.2) is 9.59 Å². The fraction of sp³-hybridized carbons (Fsp3) is 0.481. The van der Waals surface area contributed by atoms with Crippen molar-refractivity contribution in [2.45, 2.75) is 64.3 Å². The molecule has 0 radical (unpaired) electrons. The molecule has 2 atom stereocenters. The van der Waals surface area contributed by atoms with Gasteiger partial charge in [0.15, 0.2) is 0 Å². The number of ether oxygens (including phenoxy) is 2. The number of hydrogen-bond donors (Lipinski definition) is 1. The number of carbonyl (C=O) groups excluding carboxylic acids is 2. The average molecular weight is 466 g/mol. The van der Waals surface area contributed by atoms with Gasteiger partial charge in [0.2, 0.25) is 0 Å². The summed E-state index contributed by atoms with van der Waals surface area (Å²) in [6.07, 6.45) is 2.05. The number of carbonyl (C=O) groups is 2.